The zero-order valence-electron chi connectivity index (χ0n) is 14.1. The Balaban J connectivity index is 1.57. The number of piperazine rings is 1. The topological polar surface area (TPSA) is 46.0 Å². The highest BCUT2D eigenvalue weighted by Crippen LogP contribution is 2.46. The largest absolute Gasteiger partial charge is 0.367 e. The molecule has 0 unspecified atom stereocenters. The second kappa shape index (κ2) is 5.88. The molecule has 0 radical (unpaired) electrons. The van der Waals surface area contributed by atoms with Crippen molar-refractivity contribution in [3.63, 3.8) is 0 Å². The van der Waals surface area contributed by atoms with Gasteiger partial charge in [0.1, 0.15) is 0 Å². The molecule has 1 saturated heterocycles. The van der Waals surface area contributed by atoms with Crippen molar-refractivity contribution in [1.82, 2.24) is 20.1 Å². The first-order valence-electron chi connectivity index (χ1n) is 9.40. The van der Waals surface area contributed by atoms with Crippen LogP contribution in [0.5, 0.6) is 0 Å². The van der Waals surface area contributed by atoms with Gasteiger partial charge in [-0.3, -0.25) is 9.67 Å². The van der Waals surface area contributed by atoms with E-state index in [9.17, 15) is 0 Å². The van der Waals surface area contributed by atoms with E-state index >= 15 is 0 Å². The Morgan fingerprint density at radius 1 is 1.08 bits per heavy atom. The molecule has 2 saturated carbocycles. The van der Waals surface area contributed by atoms with E-state index in [1.807, 2.05) is 6.20 Å². The summed E-state index contributed by atoms with van der Waals surface area (Å²) < 4.78 is 2.24. The van der Waals surface area contributed by atoms with Gasteiger partial charge in [0.2, 0.25) is 0 Å². The van der Waals surface area contributed by atoms with Gasteiger partial charge in [-0.05, 0) is 44.2 Å². The standard InChI is InChI=1S/C19H25N5/c1-3-15(4-1)24-13-16(18(22-24)14-6-7-14)19-17(5-2-8-21-19)23-11-9-20-10-12-23/h2,5,8,13-15,20H,1,3-4,6-7,9-12H2. The van der Waals surface area contributed by atoms with E-state index in [0.717, 1.165) is 31.9 Å². The van der Waals surface area contributed by atoms with Crippen molar-refractivity contribution < 1.29 is 0 Å². The summed E-state index contributed by atoms with van der Waals surface area (Å²) in [6.45, 7) is 4.19. The van der Waals surface area contributed by atoms with E-state index in [-0.39, 0.29) is 0 Å². The van der Waals surface area contributed by atoms with Crippen LogP contribution in [0.3, 0.4) is 0 Å². The summed E-state index contributed by atoms with van der Waals surface area (Å²) in [5.74, 6) is 0.652. The zero-order valence-corrected chi connectivity index (χ0v) is 14.1. The third kappa shape index (κ3) is 2.51. The molecule has 2 aliphatic carbocycles. The molecular weight excluding hydrogens is 298 g/mol. The van der Waals surface area contributed by atoms with Gasteiger partial charge in [0.05, 0.1) is 23.1 Å². The van der Waals surface area contributed by atoms with Crippen molar-refractivity contribution >= 4 is 5.69 Å². The molecule has 1 aliphatic heterocycles. The number of anilines is 1. The molecule has 2 aromatic heterocycles. The van der Waals surface area contributed by atoms with Crippen LogP contribution in [0, 0.1) is 0 Å². The Morgan fingerprint density at radius 2 is 1.92 bits per heavy atom. The lowest BCUT2D eigenvalue weighted by atomic mass is 9.93. The van der Waals surface area contributed by atoms with E-state index in [4.69, 9.17) is 10.1 Å². The van der Waals surface area contributed by atoms with Gasteiger partial charge in [0, 0.05) is 50.1 Å². The zero-order chi connectivity index (χ0) is 15.9. The van der Waals surface area contributed by atoms with E-state index in [0.29, 0.717) is 12.0 Å². The fourth-order valence-electron chi connectivity index (χ4n) is 3.85. The quantitative estimate of drug-likeness (QED) is 0.940. The molecule has 0 aromatic carbocycles. The molecule has 5 heteroatoms. The molecule has 0 amide bonds. The van der Waals surface area contributed by atoms with Crippen molar-refractivity contribution in [2.75, 3.05) is 31.1 Å². The number of hydrogen-bond acceptors (Lipinski definition) is 4. The van der Waals surface area contributed by atoms with Crippen LogP contribution in [0.4, 0.5) is 5.69 Å². The van der Waals surface area contributed by atoms with Gasteiger partial charge < -0.3 is 10.2 Å². The Kier molecular flexibility index (Phi) is 3.55. The van der Waals surface area contributed by atoms with Crippen LogP contribution in [-0.4, -0.2) is 40.9 Å². The van der Waals surface area contributed by atoms with Gasteiger partial charge in [-0.15, -0.1) is 0 Å². The second-order valence-electron chi connectivity index (χ2n) is 7.38. The number of aromatic nitrogens is 3. The summed E-state index contributed by atoms with van der Waals surface area (Å²) in [7, 11) is 0. The lowest BCUT2D eigenvalue weighted by molar-refractivity contribution is 0.288. The lowest BCUT2D eigenvalue weighted by Crippen LogP contribution is -2.43. The summed E-state index contributed by atoms with van der Waals surface area (Å²) in [5.41, 5.74) is 4.97. The molecule has 3 aliphatic rings. The Morgan fingerprint density at radius 3 is 2.62 bits per heavy atom. The molecule has 1 N–H and O–H groups in total. The van der Waals surface area contributed by atoms with Crippen LogP contribution in [-0.2, 0) is 0 Å². The van der Waals surface area contributed by atoms with E-state index in [1.165, 1.54) is 49.0 Å². The summed E-state index contributed by atoms with van der Waals surface area (Å²) in [6.07, 6.45) is 10.7. The van der Waals surface area contributed by atoms with Crippen LogP contribution in [0.2, 0.25) is 0 Å². The van der Waals surface area contributed by atoms with Crippen LogP contribution < -0.4 is 10.2 Å². The predicted octanol–water partition coefficient (Wildman–Crippen LogP) is 2.96. The van der Waals surface area contributed by atoms with Crippen molar-refractivity contribution in [2.24, 2.45) is 0 Å². The molecular formula is C19H25N5. The minimum Gasteiger partial charge on any atom is -0.367 e. The van der Waals surface area contributed by atoms with E-state index in [2.05, 4.69) is 33.2 Å². The fourth-order valence-corrected chi connectivity index (χ4v) is 3.85. The maximum Gasteiger partial charge on any atom is 0.0969 e. The molecule has 0 bridgehead atoms. The molecule has 24 heavy (non-hydrogen) atoms. The average molecular weight is 323 g/mol. The normalized spacial score (nSPS) is 21.8. The number of nitrogens with one attached hydrogen (secondary N) is 1. The maximum absolute atomic E-state index is 5.00. The SMILES string of the molecule is c1cnc(-c2cn(C3CCC3)nc2C2CC2)c(N2CCNCC2)c1. The van der Waals surface area contributed by atoms with Gasteiger partial charge in [-0.25, -0.2) is 0 Å². The summed E-state index contributed by atoms with van der Waals surface area (Å²) in [6, 6.07) is 4.90. The summed E-state index contributed by atoms with van der Waals surface area (Å²) in [5, 5.41) is 8.44. The van der Waals surface area contributed by atoms with Crippen LogP contribution in [0.15, 0.2) is 24.5 Å². The Hall–Kier alpha value is -1.88. The molecule has 0 spiro atoms. The molecule has 3 fully saturated rings. The van der Waals surface area contributed by atoms with Crippen LogP contribution in [0.1, 0.15) is 49.8 Å². The van der Waals surface area contributed by atoms with Gasteiger partial charge in [0.25, 0.3) is 0 Å². The van der Waals surface area contributed by atoms with Crippen molar-refractivity contribution in [3.05, 3.63) is 30.2 Å². The maximum atomic E-state index is 5.00. The molecule has 5 nitrogen and oxygen atoms in total. The molecule has 2 aromatic rings. The Bertz CT molecular complexity index is 723. The van der Waals surface area contributed by atoms with E-state index in [1.54, 1.807) is 0 Å². The van der Waals surface area contributed by atoms with Crippen LogP contribution >= 0.6 is 0 Å². The highest BCUT2D eigenvalue weighted by molar-refractivity contribution is 5.77. The number of rotatable bonds is 4. The monoisotopic (exact) mass is 323 g/mol. The first kappa shape index (κ1) is 14.5. The average Bonchev–Trinajstić information content (AvgIpc) is 3.35. The Labute approximate surface area is 143 Å². The number of pyridine rings is 1. The molecule has 126 valence electrons. The minimum absolute atomic E-state index is 0.614. The van der Waals surface area contributed by atoms with E-state index < -0.39 is 0 Å². The van der Waals surface area contributed by atoms with Crippen molar-refractivity contribution in [3.8, 4) is 11.3 Å². The third-order valence-corrected chi connectivity index (χ3v) is 5.67. The summed E-state index contributed by atoms with van der Waals surface area (Å²) in [4.78, 5) is 7.26. The minimum atomic E-state index is 0.614. The van der Waals surface area contributed by atoms with Gasteiger partial charge in [-0.1, -0.05) is 0 Å². The summed E-state index contributed by atoms with van der Waals surface area (Å²) >= 11 is 0. The van der Waals surface area contributed by atoms with Gasteiger partial charge in [0.15, 0.2) is 0 Å². The highest BCUT2D eigenvalue weighted by atomic mass is 15.3. The first-order valence-corrected chi connectivity index (χ1v) is 9.40. The molecule has 0 atom stereocenters. The smallest absolute Gasteiger partial charge is 0.0969 e. The number of hydrogen-bond donors (Lipinski definition) is 1. The highest BCUT2D eigenvalue weighted by Gasteiger charge is 2.33. The predicted molar refractivity (Wildman–Crippen MR) is 95.4 cm³/mol. The molecule has 5 rings (SSSR count). The fraction of sp³-hybridized carbons (Fsp3) is 0.579. The molecule has 3 heterocycles. The second-order valence-corrected chi connectivity index (χ2v) is 7.38. The van der Waals surface area contributed by atoms with Gasteiger partial charge >= 0.3 is 0 Å². The van der Waals surface area contributed by atoms with Gasteiger partial charge in [-0.2, -0.15) is 5.10 Å². The van der Waals surface area contributed by atoms with Crippen LogP contribution in [0.25, 0.3) is 11.3 Å². The van der Waals surface area contributed by atoms with Crippen molar-refractivity contribution in [2.45, 2.75) is 44.1 Å². The lowest BCUT2D eigenvalue weighted by Gasteiger charge is -2.30. The third-order valence-electron chi connectivity index (χ3n) is 5.67. The van der Waals surface area contributed by atoms with Crippen molar-refractivity contribution in [1.29, 1.82) is 0 Å². The number of nitrogens with zero attached hydrogens (tertiary/aromatic N) is 4. The first-order chi connectivity index (χ1) is 11.9.